The standard InChI is InChI=1S/C18H18FN3/c1-12-18(15-6-8-16(19)9-7-15)13(2)22(21-12)17-5-3-4-14(10-17)11-20/h3-10H,11,20H2,1-2H3. The molecule has 1 aromatic heterocycles. The van der Waals surface area contributed by atoms with E-state index in [4.69, 9.17) is 5.73 Å². The molecule has 22 heavy (non-hydrogen) atoms. The second-order valence-electron chi connectivity index (χ2n) is 5.34. The van der Waals surface area contributed by atoms with Crippen LogP contribution in [0.2, 0.25) is 0 Å². The summed E-state index contributed by atoms with van der Waals surface area (Å²) in [5, 5.41) is 4.64. The van der Waals surface area contributed by atoms with E-state index in [1.807, 2.05) is 42.8 Å². The zero-order chi connectivity index (χ0) is 15.7. The molecule has 0 aliphatic heterocycles. The average Bonchev–Trinajstić information content (AvgIpc) is 2.83. The number of aryl methyl sites for hydroxylation is 1. The smallest absolute Gasteiger partial charge is 0.123 e. The quantitative estimate of drug-likeness (QED) is 0.799. The van der Waals surface area contributed by atoms with Crippen LogP contribution in [0, 0.1) is 19.7 Å². The number of hydrogen-bond donors (Lipinski definition) is 1. The topological polar surface area (TPSA) is 43.8 Å². The molecule has 3 aromatic rings. The fourth-order valence-electron chi connectivity index (χ4n) is 2.74. The van der Waals surface area contributed by atoms with Gasteiger partial charge in [-0.2, -0.15) is 5.10 Å². The van der Waals surface area contributed by atoms with E-state index < -0.39 is 0 Å². The number of benzene rings is 2. The predicted molar refractivity (Wildman–Crippen MR) is 86.3 cm³/mol. The van der Waals surface area contributed by atoms with Crippen LogP contribution in [0.5, 0.6) is 0 Å². The van der Waals surface area contributed by atoms with Gasteiger partial charge in [-0.1, -0.05) is 24.3 Å². The van der Waals surface area contributed by atoms with Crippen molar-refractivity contribution in [3.8, 4) is 16.8 Å². The average molecular weight is 295 g/mol. The summed E-state index contributed by atoms with van der Waals surface area (Å²) < 4.78 is 15.0. The molecule has 4 heteroatoms. The lowest BCUT2D eigenvalue weighted by molar-refractivity contribution is 0.628. The van der Waals surface area contributed by atoms with E-state index in [0.717, 1.165) is 33.8 Å². The Hall–Kier alpha value is -2.46. The largest absolute Gasteiger partial charge is 0.326 e. The van der Waals surface area contributed by atoms with Gasteiger partial charge in [0.05, 0.1) is 11.4 Å². The van der Waals surface area contributed by atoms with Crippen LogP contribution in [-0.4, -0.2) is 9.78 Å². The van der Waals surface area contributed by atoms with Gasteiger partial charge in [0.2, 0.25) is 0 Å². The van der Waals surface area contributed by atoms with E-state index in [-0.39, 0.29) is 5.82 Å². The lowest BCUT2D eigenvalue weighted by Gasteiger charge is -2.07. The van der Waals surface area contributed by atoms with Gasteiger partial charge in [-0.25, -0.2) is 9.07 Å². The summed E-state index contributed by atoms with van der Waals surface area (Å²) in [4.78, 5) is 0. The van der Waals surface area contributed by atoms with E-state index in [1.165, 1.54) is 12.1 Å². The van der Waals surface area contributed by atoms with E-state index in [2.05, 4.69) is 5.10 Å². The van der Waals surface area contributed by atoms with Crippen molar-refractivity contribution in [3.05, 3.63) is 71.3 Å². The summed E-state index contributed by atoms with van der Waals surface area (Å²) >= 11 is 0. The molecule has 0 saturated heterocycles. The fourth-order valence-corrected chi connectivity index (χ4v) is 2.74. The molecule has 0 spiro atoms. The first-order chi connectivity index (χ1) is 10.6. The Balaban J connectivity index is 2.12. The van der Waals surface area contributed by atoms with Crippen molar-refractivity contribution in [3.63, 3.8) is 0 Å². The highest BCUT2D eigenvalue weighted by Gasteiger charge is 2.14. The molecule has 0 fully saturated rings. The van der Waals surface area contributed by atoms with Crippen molar-refractivity contribution < 1.29 is 4.39 Å². The first kappa shape index (κ1) is 14.5. The van der Waals surface area contributed by atoms with Gasteiger partial charge in [-0.15, -0.1) is 0 Å². The Morgan fingerprint density at radius 2 is 1.82 bits per heavy atom. The minimum Gasteiger partial charge on any atom is -0.326 e. The Kier molecular flexibility index (Phi) is 3.77. The summed E-state index contributed by atoms with van der Waals surface area (Å²) in [7, 11) is 0. The predicted octanol–water partition coefficient (Wildman–Crippen LogP) is 3.75. The van der Waals surface area contributed by atoms with Crippen LogP contribution in [0.4, 0.5) is 4.39 Å². The molecule has 112 valence electrons. The molecule has 2 N–H and O–H groups in total. The molecule has 3 nitrogen and oxygen atoms in total. The Morgan fingerprint density at radius 1 is 1.09 bits per heavy atom. The molecule has 0 aliphatic rings. The normalized spacial score (nSPS) is 10.9. The van der Waals surface area contributed by atoms with Gasteiger partial charge in [0.1, 0.15) is 5.82 Å². The molecule has 0 radical (unpaired) electrons. The maximum atomic E-state index is 13.1. The summed E-state index contributed by atoms with van der Waals surface area (Å²) in [5.41, 5.74) is 11.7. The molecule has 0 bridgehead atoms. The first-order valence-corrected chi connectivity index (χ1v) is 7.21. The number of rotatable bonds is 3. The SMILES string of the molecule is Cc1nn(-c2cccc(CN)c2)c(C)c1-c1ccc(F)cc1. The number of nitrogens with zero attached hydrogens (tertiary/aromatic N) is 2. The Bertz CT molecular complexity index is 804. The molecule has 0 atom stereocenters. The van der Waals surface area contributed by atoms with Gasteiger partial charge in [-0.05, 0) is 49.2 Å². The van der Waals surface area contributed by atoms with Crippen LogP contribution in [0.1, 0.15) is 17.0 Å². The molecule has 0 unspecified atom stereocenters. The number of nitrogens with two attached hydrogens (primary N) is 1. The molecular weight excluding hydrogens is 277 g/mol. The summed E-state index contributed by atoms with van der Waals surface area (Å²) in [6, 6.07) is 14.5. The molecule has 1 heterocycles. The van der Waals surface area contributed by atoms with Gasteiger partial charge in [0.15, 0.2) is 0 Å². The lowest BCUT2D eigenvalue weighted by atomic mass is 10.0. The second kappa shape index (κ2) is 5.73. The zero-order valence-corrected chi connectivity index (χ0v) is 12.7. The van der Waals surface area contributed by atoms with Crippen LogP contribution >= 0.6 is 0 Å². The molecule has 3 rings (SSSR count). The second-order valence-corrected chi connectivity index (χ2v) is 5.34. The van der Waals surface area contributed by atoms with Gasteiger partial charge in [-0.3, -0.25) is 0 Å². The maximum Gasteiger partial charge on any atom is 0.123 e. The monoisotopic (exact) mass is 295 g/mol. The minimum absolute atomic E-state index is 0.234. The van der Waals surface area contributed by atoms with E-state index in [1.54, 1.807) is 12.1 Å². The van der Waals surface area contributed by atoms with E-state index >= 15 is 0 Å². The number of aromatic nitrogens is 2. The Labute approximate surface area is 129 Å². The van der Waals surface area contributed by atoms with Crippen molar-refractivity contribution in [1.82, 2.24) is 9.78 Å². The van der Waals surface area contributed by atoms with Crippen molar-refractivity contribution in [2.24, 2.45) is 5.73 Å². The van der Waals surface area contributed by atoms with Gasteiger partial charge in [0, 0.05) is 17.8 Å². The maximum absolute atomic E-state index is 13.1. The van der Waals surface area contributed by atoms with Crippen molar-refractivity contribution in [2.45, 2.75) is 20.4 Å². The van der Waals surface area contributed by atoms with Gasteiger partial charge < -0.3 is 5.73 Å². The third-order valence-electron chi connectivity index (χ3n) is 3.82. The highest BCUT2D eigenvalue weighted by Crippen LogP contribution is 2.28. The number of hydrogen-bond acceptors (Lipinski definition) is 2. The summed E-state index contributed by atoms with van der Waals surface area (Å²) in [5.74, 6) is -0.234. The zero-order valence-electron chi connectivity index (χ0n) is 12.7. The van der Waals surface area contributed by atoms with E-state index in [0.29, 0.717) is 6.54 Å². The minimum atomic E-state index is -0.234. The molecule has 0 amide bonds. The van der Waals surface area contributed by atoms with Crippen LogP contribution < -0.4 is 5.73 Å². The van der Waals surface area contributed by atoms with Crippen molar-refractivity contribution >= 4 is 0 Å². The van der Waals surface area contributed by atoms with Crippen molar-refractivity contribution in [2.75, 3.05) is 0 Å². The van der Waals surface area contributed by atoms with Gasteiger partial charge >= 0.3 is 0 Å². The highest BCUT2D eigenvalue weighted by atomic mass is 19.1. The van der Waals surface area contributed by atoms with Crippen LogP contribution in [0.15, 0.2) is 48.5 Å². The molecular formula is C18H18FN3. The third-order valence-corrected chi connectivity index (χ3v) is 3.82. The third kappa shape index (κ3) is 2.53. The summed E-state index contributed by atoms with van der Waals surface area (Å²) in [6.45, 7) is 4.49. The molecule has 0 saturated carbocycles. The lowest BCUT2D eigenvalue weighted by Crippen LogP contribution is -2.02. The highest BCUT2D eigenvalue weighted by molar-refractivity contribution is 5.69. The van der Waals surface area contributed by atoms with Crippen molar-refractivity contribution in [1.29, 1.82) is 0 Å². The fraction of sp³-hybridized carbons (Fsp3) is 0.167. The molecule has 2 aromatic carbocycles. The van der Waals surface area contributed by atoms with Crippen LogP contribution in [0.25, 0.3) is 16.8 Å². The Morgan fingerprint density at radius 3 is 2.50 bits per heavy atom. The first-order valence-electron chi connectivity index (χ1n) is 7.21. The summed E-state index contributed by atoms with van der Waals surface area (Å²) in [6.07, 6.45) is 0. The van der Waals surface area contributed by atoms with Gasteiger partial charge in [0.25, 0.3) is 0 Å². The number of halogens is 1. The van der Waals surface area contributed by atoms with E-state index in [9.17, 15) is 4.39 Å². The van der Waals surface area contributed by atoms with Crippen LogP contribution in [0.3, 0.4) is 0 Å². The van der Waals surface area contributed by atoms with Crippen LogP contribution in [-0.2, 0) is 6.54 Å². The molecule has 0 aliphatic carbocycles.